The number of fused-ring (bicyclic) bond motifs is 2. The Morgan fingerprint density at radius 3 is 2.56 bits per heavy atom. The van der Waals surface area contributed by atoms with Gasteiger partial charge in [0.1, 0.15) is 5.03 Å². The summed E-state index contributed by atoms with van der Waals surface area (Å²) in [6.45, 7) is 2.78. The third-order valence-corrected chi connectivity index (χ3v) is 6.05. The fraction of sp³-hybridized carbons (Fsp3) is 0.444. The van der Waals surface area contributed by atoms with Gasteiger partial charge >= 0.3 is 6.03 Å². The van der Waals surface area contributed by atoms with Gasteiger partial charge in [-0.15, -0.1) is 4.36 Å². The number of rotatable bonds is 3. The Morgan fingerprint density at radius 2 is 1.96 bits per heavy atom. The number of amides is 2. The number of nitrogens with zero attached hydrogens (tertiary/aromatic N) is 3. The van der Waals surface area contributed by atoms with E-state index in [4.69, 9.17) is 5.14 Å². The zero-order valence-electron chi connectivity index (χ0n) is 14.4. The lowest BCUT2D eigenvalue weighted by Crippen LogP contribution is -2.15. The van der Waals surface area contributed by atoms with Gasteiger partial charge in [-0.05, 0) is 73.8 Å². The second kappa shape index (κ2) is 6.72. The average molecular weight is 357 g/mol. The normalized spacial score (nSPS) is 16.7. The number of nitrogens with one attached hydrogen (secondary N) is 1. The number of carbonyl (C=O) groups excluding carboxylic acids is 1. The summed E-state index contributed by atoms with van der Waals surface area (Å²) in [4.78, 5) is 12.5. The molecule has 0 saturated heterocycles. The summed E-state index contributed by atoms with van der Waals surface area (Å²) in [6.07, 6.45) is 8.46. The van der Waals surface area contributed by atoms with Gasteiger partial charge in [-0.25, -0.2) is 4.79 Å². The predicted molar refractivity (Wildman–Crippen MR) is 99.7 cm³/mol. The summed E-state index contributed by atoms with van der Waals surface area (Å²) in [5.41, 5.74) is 6.40. The number of urea groups is 1. The minimum atomic E-state index is -1.03. The van der Waals surface area contributed by atoms with E-state index in [2.05, 4.69) is 20.8 Å². The first-order valence-electron chi connectivity index (χ1n) is 8.87. The zero-order chi connectivity index (χ0) is 17.4. The van der Waals surface area contributed by atoms with Crippen molar-refractivity contribution in [3.8, 4) is 0 Å². The SMILES string of the molecule is CCn1ccc(S(N)=NC(=O)Nc2c3c(cc4c2CCC4)CCC3)n1. The molecule has 0 radical (unpaired) electrons. The third-order valence-electron chi connectivity index (χ3n) is 5.04. The van der Waals surface area contributed by atoms with Crippen LogP contribution in [0.5, 0.6) is 0 Å². The molecule has 1 atom stereocenters. The number of nitrogens with two attached hydrogens (primary N) is 1. The standard InChI is InChI=1S/C18H23N5OS/c1-2-23-10-9-16(21-23)25(19)22-18(24)20-17-14-7-3-5-12(14)11-13-6-4-8-15(13)17/h9-11H,2-8H2,1H3,(H3,19,20,22,24). The maximum atomic E-state index is 12.5. The van der Waals surface area contributed by atoms with Crippen LogP contribution in [-0.4, -0.2) is 15.8 Å². The lowest BCUT2D eigenvalue weighted by molar-refractivity contribution is 0.260. The molecule has 0 bridgehead atoms. The molecular formula is C18H23N5OS. The highest BCUT2D eigenvalue weighted by Crippen LogP contribution is 2.38. The van der Waals surface area contributed by atoms with E-state index in [1.54, 1.807) is 4.68 Å². The van der Waals surface area contributed by atoms with E-state index < -0.39 is 10.9 Å². The van der Waals surface area contributed by atoms with E-state index in [0.717, 1.165) is 50.8 Å². The molecule has 1 unspecified atom stereocenters. The highest BCUT2D eigenvalue weighted by atomic mass is 32.2. The fourth-order valence-corrected chi connectivity index (χ4v) is 4.57. The zero-order valence-corrected chi connectivity index (χ0v) is 15.2. The molecule has 6 nitrogen and oxygen atoms in total. The molecule has 3 N–H and O–H groups in total. The van der Waals surface area contributed by atoms with Crippen molar-refractivity contribution < 1.29 is 4.79 Å². The van der Waals surface area contributed by atoms with Gasteiger partial charge in [-0.3, -0.25) is 9.82 Å². The summed E-state index contributed by atoms with van der Waals surface area (Å²) in [5.74, 6) is 0. The van der Waals surface area contributed by atoms with E-state index in [1.807, 2.05) is 19.2 Å². The number of aryl methyl sites for hydroxylation is 3. The van der Waals surface area contributed by atoms with Crippen molar-refractivity contribution >= 4 is 22.6 Å². The maximum Gasteiger partial charge on any atom is 0.352 e. The minimum Gasteiger partial charge on any atom is -0.305 e. The van der Waals surface area contributed by atoms with E-state index in [1.165, 1.54) is 22.3 Å². The molecule has 2 amide bonds. The first-order chi connectivity index (χ1) is 12.2. The van der Waals surface area contributed by atoms with Gasteiger partial charge in [0.2, 0.25) is 0 Å². The van der Waals surface area contributed by atoms with Gasteiger partial charge < -0.3 is 5.32 Å². The maximum absolute atomic E-state index is 12.5. The Morgan fingerprint density at radius 1 is 1.28 bits per heavy atom. The molecule has 0 aliphatic heterocycles. The monoisotopic (exact) mass is 357 g/mol. The van der Waals surface area contributed by atoms with Crippen molar-refractivity contribution in [2.45, 2.75) is 57.0 Å². The Hall–Kier alpha value is -1.99. The van der Waals surface area contributed by atoms with Gasteiger partial charge in [0.25, 0.3) is 0 Å². The summed E-state index contributed by atoms with van der Waals surface area (Å²) >= 11 is 0. The molecule has 0 fully saturated rings. The second-order valence-electron chi connectivity index (χ2n) is 6.58. The van der Waals surface area contributed by atoms with Crippen molar-refractivity contribution in [3.63, 3.8) is 0 Å². The van der Waals surface area contributed by atoms with E-state index >= 15 is 0 Å². The Kier molecular flexibility index (Phi) is 4.43. The second-order valence-corrected chi connectivity index (χ2v) is 7.81. The molecule has 1 heterocycles. The van der Waals surface area contributed by atoms with Gasteiger partial charge in [-0.1, -0.05) is 6.07 Å². The average Bonchev–Trinajstić information content (AvgIpc) is 3.34. The Bertz CT molecular complexity index is 838. The molecule has 2 aromatic rings. The van der Waals surface area contributed by atoms with Crippen LogP contribution in [0.15, 0.2) is 27.7 Å². The number of hydrogen-bond acceptors (Lipinski definition) is 2. The van der Waals surface area contributed by atoms with Crippen molar-refractivity contribution in [2.24, 2.45) is 9.50 Å². The van der Waals surface area contributed by atoms with Crippen molar-refractivity contribution in [3.05, 3.63) is 40.6 Å². The molecule has 2 aliphatic rings. The van der Waals surface area contributed by atoms with Gasteiger partial charge in [0.15, 0.2) is 0 Å². The topological polar surface area (TPSA) is 85.3 Å². The van der Waals surface area contributed by atoms with Crippen LogP contribution in [0.3, 0.4) is 0 Å². The molecule has 0 spiro atoms. The quantitative estimate of drug-likeness (QED) is 0.885. The van der Waals surface area contributed by atoms with Gasteiger partial charge in [0, 0.05) is 29.3 Å². The predicted octanol–water partition coefficient (Wildman–Crippen LogP) is 3.15. The highest BCUT2D eigenvalue weighted by molar-refractivity contribution is 7.85. The number of benzene rings is 1. The van der Waals surface area contributed by atoms with Crippen LogP contribution in [0.2, 0.25) is 0 Å². The molecule has 4 rings (SSSR count). The minimum absolute atomic E-state index is 0.369. The summed E-state index contributed by atoms with van der Waals surface area (Å²) in [5, 5.41) is 14.1. The van der Waals surface area contributed by atoms with E-state index in [9.17, 15) is 4.79 Å². The van der Waals surface area contributed by atoms with Crippen LogP contribution >= 0.6 is 0 Å². The first kappa shape index (κ1) is 16.5. The molecule has 1 aromatic heterocycles. The highest BCUT2D eigenvalue weighted by Gasteiger charge is 2.24. The molecule has 0 saturated carbocycles. The molecular weight excluding hydrogens is 334 g/mol. The number of aromatic nitrogens is 2. The molecule has 25 heavy (non-hydrogen) atoms. The molecule has 2 aliphatic carbocycles. The number of anilines is 1. The molecule has 7 heteroatoms. The summed E-state index contributed by atoms with van der Waals surface area (Å²) in [6, 6.07) is 3.80. The van der Waals surface area contributed by atoms with Crippen molar-refractivity contribution in [1.29, 1.82) is 0 Å². The van der Waals surface area contributed by atoms with Crippen molar-refractivity contribution in [2.75, 3.05) is 5.32 Å². The third kappa shape index (κ3) is 3.14. The Balaban J connectivity index is 1.60. The molecule has 1 aromatic carbocycles. The van der Waals surface area contributed by atoms with Crippen molar-refractivity contribution in [1.82, 2.24) is 9.78 Å². The lowest BCUT2D eigenvalue weighted by Gasteiger charge is -2.15. The molecule has 132 valence electrons. The van der Waals surface area contributed by atoms with Gasteiger partial charge in [-0.2, -0.15) is 5.10 Å². The van der Waals surface area contributed by atoms with Crippen LogP contribution in [-0.2, 0) is 43.1 Å². The summed E-state index contributed by atoms with van der Waals surface area (Å²) < 4.78 is 5.91. The Labute approximate surface area is 150 Å². The summed E-state index contributed by atoms with van der Waals surface area (Å²) in [7, 11) is -1.03. The van der Waals surface area contributed by atoms with Crippen LogP contribution < -0.4 is 10.5 Å². The van der Waals surface area contributed by atoms with E-state index in [-0.39, 0.29) is 6.03 Å². The largest absolute Gasteiger partial charge is 0.352 e. The van der Waals surface area contributed by atoms with Crippen LogP contribution in [0.4, 0.5) is 10.5 Å². The first-order valence-corrected chi connectivity index (χ1v) is 10.1. The van der Waals surface area contributed by atoms with Gasteiger partial charge in [0.05, 0.1) is 0 Å². The van der Waals surface area contributed by atoms with E-state index in [0.29, 0.717) is 5.03 Å². The lowest BCUT2D eigenvalue weighted by atomic mass is 9.99. The van der Waals surface area contributed by atoms with Crippen LogP contribution in [0.25, 0.3) is 0 Å². The number of hydrogen-bond donors (Lipinski definition) is 2. The smallest absolute Gasteiger partial charge is 0.305 e. The van der Waals surface area contributed by atoms with Crippen LogP contribution in [0, 0.1) is 0 Å². The number of carbonyl (C=O) groups is 1. The fourth-order valence-electron chi connectivity index (χ4n) is 3.86. The van der Waals surface area contributed by atoms with Crippen LogP contribution in [0.1, 0.15) is 42.0 Å².